The van der Waals surface area contributed by atoms with Gasteiger partial charge in [-0.15, -0.1) is 0 Å². The van der Waals surface area contributed by atoms with E-state index in [1.807, 2.05) is 82.1 Å². The molecule has 3 heterocycles. The van der Waals surface area contributed by atoms with Crippen molar-refractivity contribution in [1.29, 1.82) is 0 Å². The maximum Gasteiger partial charge on any atom is 0.329 e. The molecule has 2 aliphatic rings. The molecule has 1 aromatic carbocycles. The molecular weight excluding hydrogens is 919 g/mol. The van der Waals surface area contributed by atoms with E-state index >= 15 is 0 Å². The van der Waals surface area contributed by atoms with Crippen molar-refractivity contribution in [2.24, 2.45) is 23.7 Å². The maximum atomic E-state index is 14.6. The van der Waals surface area contributed by atoms with Crippen LogP contribution in [0.15, 0.2) is 42.6 Å². The molecule has 3 N–H and O–H groups in total. The first-order chi connectivity index (χ1) is 33.9. The highest BCUT2D eigenvalue weighted by atomic mass is 16.6. The lowest BCUT2D eigenvalue weighted by Gasteiger charge is -2.43. The number of carbonyl (C=O) groups excluding carboxylic acids is 7. The van der Waals surface area contributed by atoms with Crippen molar-refractivity contribution in [1.82, 2.24) is 35.2 Å². The summed E-state index contributed by atoms with van der Waals surface area (Å²) in [5.74, 6) is -3.54. The van der Waals surface area contributed by atoms with Gasteiger partial charge in [0.2, 0.25) is 23.6 Å². The van der Waals surface area contributed by atoms with Gasteiger partial charge in [-0.1, -0.05) is 85.9 Å². The number of hydrogen-bond donors (Lipinski definition) is 3. The largest absolute Gasteiger partial charge is 0.458 e. The molecule has 0 bridgehead atoms. The zero-order chi connectivity index (χ0) is 53.6. The van der Waals surface area contributed by atoms with Crippen LogP contribution >= 0.6 is 0 Å². The third kappa shape index (κ3) is 15.8. The Morgan fingerprint density at radius 2 is 1.47 bits per heavy atom. The first-order valence-electron chi connectivity index (χ1n) is 26.2. The summed E-state index contributed by atoms with van der Waals surface area (Å²) in [6.45, 7) is 20.5. The van der Waals surface area contributed by atoms with Gasteiger partial charge in [-0.2, -0.15) is 0 Å². The van der Waals surface area contributed by atoms with E-state index in [4.69, 9.17) is 14.2 Å². The van der Waals surface area contributed by atoms with Crippen molar-refractivity contribution in [3.8, 4) is 0 Å². The second kappa shape index (κ2) is 27.4. The molecular formula is C55H87N7O10. The molecule has 402 valence electrons. The van der Waals surface area contributed by atoms with Crippen LogP contribution in [0.25, 0.3) is 10.9 Å². The fraction of sp³-hybridized carbons (Fsp3) is 0.691. The van der Waals surface area contributed by atoms with Crippen LogP contribution in [0.2, 0.25) is 0 Å². The third-order valence-electron chi connectivity index (χ3n) is 14.5. The van der Waals surface area contributed by atoms with Crippen molar-refractivity contribution < 1.29 is 47.8 Å². The van der Waals surface area contributed by atoms with Crippen LogP contribution in [0.5, 0.6) is 0 Å². The van der Waals surface area contributed by atoms with Crippen LogP contribution in [-0.2, 0) is 54.2 Å². The van der Waals surface area contributed by atoms with Crippen molar-refractivity contribution in [3.05, 3.63) is 48.2 Å². The van der Waals surface area contributed by atoms with Crippen LogP contribution in [-0.4, -0.2) is 162 Å². The number of unbranched alkanes of at least 4 members (excludes halogenated alkanes) is 3. The fourth-order valence-electron chi connectivity index (χ4n) is 10.8. The Labute approximate surface area is 428 Å². The molecule has 2 aliphatic heterocycles. The molecule has 0 radical (unpaired) electrons. The van der Waals surface area contributed by atoms with E-state index in [0.29, 0.717) is 38.9 Å². The van der Waals surface area contributed by atoms with E-state index in [9.17, 15) is 33.6 Å². The number of likely N-dealkylation sites (N-methyl/N-ethyl adjacent to an activating group) is 2. The number of benzene rings is 1. The molecule has 0 spiro atoms. The first kappa shape index (κ1) is 59.6. The van der Waals surface area contributed by atoms with Gasteiger partial charge < -0.3 is 29.4 Å². The topological polar surface area (TPSA) is 200 Å². The highest BCUT2D eigenvalue weighted by Crippen LogP contribution is 2.31. The SMILES string of the molecule is CC[C@H](C)[C@@H]([C@@H](CC(=O)N1CCC[C@H]1[C@H](OC)[C@@H](C)C(=O)N[C@@H](Cc1c[nH]c2ccccc12)C(=O)OC(C)(C)C)OC)N(C)[C@H](C(=O)NC(=O)[C@H](C(C)C)N(C)CCCCCCN1C(=O)C=CC1=O)C(C)C. The van der Waals surface area contributed by atoms with Gasteiger partial charge in [-0.05, 0) is 96.5 Å². The molecule has 1 aromatic heterocycles. The zero-order valence-corrected chi connectivity index (χ0v) is 45.7. The molecule has 17 nitrogen and oxygen atoms in total. The van der Waals surface area contributed by atoms with Gasteiger partial charge in [-0.3, -0.25) is 48.8 Å². The predicted molar refractivity (Wildman–Crippen MR) is 278 cm³/mol. The van der Waals surface area contributed by atoms with E-state index in [0.717, 1.165) is 42.1 Å². The third-order valence-corrected chi connectivity index (χ3v) is 14.5. The van der Waals surface area contributed by atoms with Crippen molar-refractivity contribution in [2.45, 2.75) is 175 Å². The number of para-hydroxylation sites is 1. The monoisotopic (exact) mass is 1010 g/mol. The standard InChI is InChI=1S/C55H87N7O10/c1-15-36(6)49(60(12)48(35(4)5)53(68)58-52(67)47(34(2)3)59(11)28-20-16-17-21-29-62-44(63)26-27-45(62)64)43(70-13)32-46(65)61-30-22-25-42(61)50(71-14)37(7)51(66)57-41(54(69)72-55(8,9)10)31-38-33-56-40-24-19-18-23-39(38)40/h18-19,23-24,26-27,33-37,41-43,47-50,56H,15-17,20-22,25,28-32H2,1-14H3,(H,57,66)(H,58,67,68)/t36-,37+,41-,42-,43+,47-,48-,49-,50+/m0/s1. The highest BCUT2D eigenvalue weighted by molar-refractivity contribution is 6.12. The number of amides is 6. The molecule has 1 saturated heterocycles. The van der Waals surface area contributed by atoms with Crippen LogP contribution < -0.4 is 10.6 Å². The number of esters is 1. The Balaban J connectivity index is 1.44. The van der Waals surface area contributed by atoms with E-state index in [2.05, 4.69) is 29.5 Å². The predicted octanol–water partition coefficient (Wildman–Crippen LogP) is 6.04. The maximum absolute atomic E-state index is 14.6. The average Bonchev–Trinajstić information content (AvgIpc) is 4.04. The molecule has 17 heteroatoms. The van der Waals surface area contributed by atoms with Gasteiger partial charge in [0.1, 0.15) is 11.6 Å². The van der Waals surface area contributed by atoms with Crippen molar-refractivity contribution >= 4 is 52.3 Å². The van der Waals surface area contributed by atoms with Crippen molar-refractivity contribution in [2.75, 3.05) is 47.9 Å². The number of nitrogens with zero attached hydrogens (tertiary/aromatic N) is 4. The van der Waals surface area contributed by atoms with Crippen LogP contribution in [0.1, 0.15) is 126 Å². The highest BCUT2D eigenvalue weighted by Gasteiger charge is 2.44. The summed E-state index contributed by atoms with van der Waals surface area (Å²) in [6, 6.07) is 4.65. The van der Waals surface area contributed by atoms with E-state index < -0.39 is 71.7 Å². The van der Waals surface area contributed by atoms with Gasteiger partial charge in [0.15, 0.2) is 0 Å². The smallest absolute Gasteiger partial charge is 0.329 e. The van der Waals surface area contributed by atoms with Crippen LogP contribution in [0, 0.1) is 23.7 Å². The Hall–Kier alpha value is -4.97. The molecule has 1 fully saturated rings. The number of hydrogen-bond acceptors (Lipinski definition) is 12. The number of carbonyl (C=O) groups is 7. The number of fused-ring (bicyclic) bond motifs is 1. The number of ether oxygens (including phenoxy) is 3. The van der Waals surface area contributed by atoms with E-state index in [1.165, 1.54) is 24.2 Å². The molecule has 2 aromatic rings. The minimum Gasteiger partial charge on any atom is -0.458 e. The minimum absolute atomic E-state index is 0.00595. The lowest BCUT2D eigenvalue weighted by molar-refractivity contribution is -0.159. The normalized spacial score (nSPS) is 18.7. The second-order valence-electron chi connectivity index (χ2n) is 21.8. The lowest BCUT2D eigenvalue weighted by atomic mass is 9.87. The summed E-state index contributed by atoms with van der Waals surface area (Å²) in [5, 5.41) is 6.70. The molecule has 9 atom stereocenters. The molecule has 6 amide bonds. The first-order valence-corrected chi connectivity index (χ1v) is 26.2. The summed E-state index contributed by atoms with van der Waals surface area (Å²) in [7, 11) is 6.87. The minimum atomic E-state index is -0.984. The number of likely N-dealkylation sites (tertiary alicyclic amines) is 1. The number of H-pyrrole nitrogens is 1. The van der Waals surface area contributed by atoms with Gasteiger partial charge in [-0.25, -0.2) is 4.79 Å². The summed E-state index contributed by atoms with van der Waals surface area (Å²) in [5.41, 5.74) is 0.995. The Morgan fingerprint density at radius 1 is 0.847 bits per heavy atom. The quantitative estimate of drug-likeness (QED) is 0.0508. The second-order valence-corrected chi connectivity index (χ2v) is 21.8. The Bertz CT molecular complexity index is 2170. The van der Waals surface area contributed by atoms with Crippen LogP contribution in [0.4, 0.5) is 0 Å². The zero-order valence-electron chi connectivity index (χ0n) is 45.7. The summed E-state index contributed by atoms with van der Waals surface area (Å²) < 4.78 is 18.0. The number of methoxy groups -OCH3 is 2. The molecule has 0 unspecified atom stereocenters. The Morgan fingerprint density at radius 3 is 2.07 bits per heavy atom. The van der Waals surface area contributed by atoms with E-state index in [-0.39, 0.29) is 54.2 Å². The number of aromatic nitrogens is 1. The summed E-state index contributed by atoms with van der Waals surface area (Å²) in [6.07, 6.45) is 8.54. The van der Waals surface area contributed by atoms with Gasteiger partial charge >= 0.3 is 5.97 Å². The van der Waals surface area contributed by atoms with Gasteiger partial charge in [0.05, 0.1) is 42.7 Å². The number of nitrogens with one attached hydrogen (secondary N) is 3. The van der Waals surface area contributed by atoms with E-state index in [1.54, 1.807) is 39.7 Å². The van der Waals surface area contributed by atoms with Gasteiger partial charge in [0, 0.05) is 69.0 Å². The average molecular weight is 1010 g/mol. The molecule has 0 aliphatic carbocycles. The number of imide groups is 2. The van der Waals surface area contributed by atoms with Crippen LogP contribution in [0.3, 0.4) is 0 Å². The van der Waals surface area contributed by atoms with Crippen molar-refractivity contribution in [3.63, 3.8) is 0 Å². The van der Waals surface area contributed by atoms with Gasteiger partial charge in [0.25, 0.3) is 11.8 Å². The molecule has 72 heavy (non-hydrogen) atoms. The lowest BCUT2D eigenvalue weighted by Crippen LogP contribution is -2.60. The Kier molecular flexibility index (Phi) is 22.6. The molecule has 0 saturated carbocycles. The fourth-order valence-corrected chi connectivity index (χ4v) is 10.8. The molecule has 4 rings (SSSR count). The summed E-state index contributed by atoms with van der Waals surface area (Å²) in [4.78, 5) is 105. The summed E-state index contributed by atoms with van der Waals surface area (Å²) >= 11 is 0. The number of rotatable bonds is 28. The number of aromatic amines is 1.